The predicted octanol–water partition coefficient (Wildman–Crippen LogP) is 1.91. The van der Waals surface area contributed by atoms with Gasteiger partial charge >= 0.3 is 17.6 Å². The Morgan fingerprint density at radius 1 is 1.23 bits per heavy atom. The predicted molar refractivity (Wildman–Crippen MR) is 110 cm³/mol. The van der Waals surface area contributed by atoms with E-state index in [9.17, 15) is 24.3 Å². The summed E-state index contributed by atoms with van der Waals surface area (Å²) in [5, 5.41) is 12.0. The lowest BCUT2D eigenvalue weighted by atomic mass is 10.0. The molecule has 0 atom stereocenters. The van der Waals surface area contributed by atoms with Crippen LogP contribution in [0, 0.1) is 6.92 Å². The van der Waals surface area contributed by atoms with Crippen LogP contribution in [0.15, 0.2) is 35.3 Å². The Morgan fingerprint density at radius 3 is 2.55 bits per heavy atom. The lowest BCUT2D eigenvalue weighted by molar-refractivity contribution is 0.00684. The number of ether oxygens (including phenoxy) is 1. The average molecular weight is 426 g/mol. The van der Waals surface area contributed by atoms with Gasteiger partial charge in [-0.1, -0.05) is 12.1 Å². The molecule has 162 valence electrons. The third-order valence-corrected chi connectivity index (χ3v) is 4.32. The molecule has 0 aliphatic rings. The number of hydrogen-bond acceptors (Lipinski definition) is 6. The van der Waals surface area contributed by atoms with E-state index in [2.05, 4.69) is 15.3 Å². The maximum Gasteiger partial charge on any atom is 0.353 e. The van der Waals surface area contributed by atoms with Crippen LogP contribution in [0.25, 0.3) is 5.65 Å². The van der Waals surface area contributed by atoms with E-state index in [4.69, 9.17) is 4.74 Å². The van der Waals surface area contributed by atoms with Crippen LogP contribution < -0.4 is 11.0 Å². The van der Waals surface area contributed by atoms with Gasteiger partial charge in [0.1, 0.15) is 17.0 Å². The summed E-state index contributed by atoms with van der Waals surface area (Å²) in [5.41, 5.74) is 0.0958. The van der Waals surface area contributed by atoms with Crippen molar-refractivity contribution < 1.29 is 24.2 Å². The van der Waals surface area contributed by atoms with E-state index in [0.29, 0.717) is 11.1 Å². The van der Waals surface area contributed by atoms with E-state index >= 15 is 0 Å². The summed E-state index contributed by atoms with van der Waals surface area (Å²) < 4.78 is 6.25. The number of H-pyrrole nitrogens is 1. The molecule has 0 fully saturated rings. The molecule has 3 aromatic rings. The van der Waals surface area contributed by atoms with Gasteiger partial charge in [0, 0.05) is 18.8 Å². The summed E-state index contributed by atoms with van der Waals surface area (Å²) >= 11 is 0. The Hall–Kier alpha value is -3.95. The second-order valence-electron chi connectivity index (χ2n) is 7.95. The third-order valence-electron chi connectivity index (χ3n) is 4.32. The number of aromatic carboxylic acids is 1. The van der Waals surface area contributed by atoms with E-state index in [1.807, 2.05) is 0 Å². The number of fused-ring (bicyclic) bond motifs is 1. The average Bonchev–Trinajstić information content (AvgIpc) is 3.04. The highest BCUT2D eigenvalue weighted by atomic mass is 16.6. The largest absolute Gasteiger partial charge is 0.477 e. The maximum absolute atomic E-state index is 12.5. The van der Waals surface area contributed by atoms with Crippen LogP contribution in [0.5, 0.6) is 0 Å². The number of carboxylic acids is 1. The fraction of sp³-hybridized carbons (Fsp3) is 0.286. The molecular formula is C21H22N4O6. The number of aromatic amines is 1. The van der Waals surface area contributed by atoms with Crippen LogP contribution in [0.1, 0.15) is 63.2 Å². The molecule has 2 heterocycles. The number of aryl methyl sites for hydroxylation is 1. The van der Waals surface area contributed by atoms with E-state index < -0.39 is 29.1 Å². The second-order valence-corrected chi connectivity index (χ2v) is 7.95. The van der Waals surface area contributed by atoms with Gasteiger partial charge in [0.05, 0.1) is 5.56 Å². The van der Waals surface area contributed by atoms with Gasteiger partial charge in [-0.25, -0.2) is 23.8 Å². The van der Waals surface area contributed by atoms with Crippen LogP contribution in [-0.4, -0.2) is 42.9 Å². The second kappa shape index (κ2) is 8.05. The standard InChI is InChI=1S/C21H22N4O6/c1-11-7-12(5-6-13(11)19(29)31-21(2,3)4)9-22-17(26)14-8-15(18(27)28)25-16(24-14)10-23-20(25)30/h5-8,10H,9H2,1-4H3,(H,22,26)(H,23,30)(H,27,28). The molecular weight excluding hydrogens is 404 g/mol. The molecule has 2 aromatic heterocycles. The molecule has 0 unspecified atom stereocenters. The molecule has 10 nitrogen and oxygen atoms in total. The molecule has 0 aliphatic carbocycles. The fourth-order valence-corrected chi connectivity index (χ4v) is 2.97. The zero-order valence-corrected chi connectivity index (χ0v) is 17.5. The first-order valence-corrected chi connectivity index (χ1v) is 9.42. The number of carbonyl (C=O) groups excluding carboxylic acids is 2. The third kappa shape index (κ3) is 4.80. The van der Waals surface area contributed by atoms with Crippen LogP contribution in [-0.2, 0) is 11.3 Å². The lowest BCUT2D eigenvalue weighted by Crippen LogP contribution is -2.26. The number of rotatable bonds is 5. The first kappa shape index (κ1) is 21.8. The maximum atomic E-state index is 12.5. The van der Waals surface area contributed by atoms with Gasteiger partial charge in [-0.2, -0.15) is 0 Å². The van der Waals surface area contributed by atoms with Crippen LogP contribution >= 0.6 is 0 Å². The van der Waals surface area contributed by atoms with E-state index in [1.165, 1.54) is 6.20 Å². The molecule has 31 heavy (non-hydrogen) atoms. The van der Waals surface area contributed by atoms with E-state index in [-0.39, 0.29) is 23.6 Å². The Balaban J connectivity index is 1.77. The van der Waals surface area contributed by atoms with Gasteiger partial charge in [0.25, 0.3) is 5.91 Å². The molecule has 1 aromatic carbocycles. The number of amides is 1. The number of imidazole rings is 1. The number of carboxylic acid groups (broad SMARTS) is 1. The SMILES string of the molecule is Cc1cc(CNC(=O)c2cc(C(=O)O)n3c(=O)[nH]cc3n2)ccc1C(=O)OC(C)(C)C. The van der Waals surface area contributed by atoms with Crippen molar-refractivity contribution in [1.29, 1.82) is 0 Å². The van der Waals surface area contributed by atoms with Crippen molar-refractivity contribution in [3.8, 4) is 0 Å². The topological polar surface area (TPSA) is 143 Å². The van der Waals surface area contributed by atoms with Crippen molar-refractivity contribution in [1.82, 2.24) is 19.7 Å². The van der Waals surface area contributed by atoms with Gasteiger partial charge in [0.2, 0.25) is 0 Å². The van der Waals surface area contributed by atoms with Crippen molar-refractivity contribution >= 4 is 23.5 Å². The molecule has 10 heteroatoms. The summed E-state index contributed by atoms with van der Waals surface area (Å²) in [4.78, 5) is 54.4. The van der Waals surface area contributed by atoms with Gasteiger partial charge in [-0.05, 0) is 44.9 Å². The molecule has 0 saturated carbocycles. The molecule has 0 radical (unpaired) electrons. The Labute approximate surface area is 176 Å². The molecule has 1 amide bonds. The van der Waals surface area contributed by atoms with Crippen LogP contribution in [0.3, 0.4) is 0 Å². The summed E-state index contributed by atoms with van der Waals surface area (Å²) in [6, 6.07) is 6.11. The minimum atomic E-state index is -1.36. The highest BCUT2D eigenvalue weighted by molar-refractivity contribution is 5.96. The molecule has 0 saturated heterocycles. The van der Waals surface area contributed by atoms with Gasteiger partial charge < -0.3 is 20.1 Å². The van der Waals surface area contributed by atoms with Gasteiger partial charge in [-0.15, -0.1) is 0 Å². The number of hydrogen-bond donors (Lipinski definition) is 3. The Kier molecular flexibility index (Phi) is 5.65. The minimum absolute atomic E-state index is 0.0209. The quantitative estimate of drug-likeness (QED) is 0.529. The molecule has 3 N–H and O–H groups in total. The smallest absolute Gasteiger partial charge is 0.353 e. The zero-order valence-electron chi connectivity index (χ0n) is 17.5. The first-order valence-electron chi connectivity index (χ1n) is 9.42. The fourth-order valence-electron chi connectivity index (χ4n) is 2.97. The molecule has 0 bridgehead atoms. The van der Waals surface area contributed by atoms with E-state index in [0.717, 1.165) is 16.0 Å². The number of esters is 1. The highest BCUT2D eigenvalue weighted by Gasteiger charge is 2.20. The molecule has 3 rings (SSSR count). The normalized spacial score (nSPS) is 11.4. The van der Waals surface area contributed by atoms with Crippen LogP contribution in [0.2, 0.25) is 0 Å². The number of nitrogens with zero attached hydrogens (tertiary/aromatic N) is 2. The Morgan fingerprint density at radius 2 is 1.94 bits per heavy atom. The minimum Gasteiger partial charge on any atom is -0.477 e. The number of benzene rings is 1. The summed E-state index contributed by atoms with van der Waals surface area (Å²) in [6.07, 6.45) is 1.23. The van der Waals surface area contributed by atoms with Crippen molar-refractivity contribution in [3.05, 3.63) is 69.0 Å². The number of aromatic nitrogens is 3. The monoisotopic (exact) mass is 426 g/mol. The first-order chi connectivity index (χ1) is 14.5. The molecule has 0 spiro atoms. The highest BCUT2D eigenvalue weighted by Crippen LogP contribution is 2.17. The van der Waals surface area contributed by atoms with Gasteiger partial charge in [0.15, 0.2) is 5.65 Å². The summed E-state index contributed by atoms with van der Waals surface area (Å²) in [6.45, 7) is 7.26. The van der Waals surface area contributed by atoms with Crippen molar-refractivity contribution in [3.63, 3.8) is 0 Å². The van der Waals surface area contributed by atoms with Crippen molar-refractivity contribution in [2.45, 2.75) is 39.8 Å². The van der Waals surface area contributed by atoms with E-state index in [1.54, 1.807) is 45.9 Å². The summed E-state index contributed by atoms with van der Waals surface area (Å²) in [7, 11) is 0. The molecule has 0 aliphatic heterocycles. The zero-order chi connectivity index (χ0) is 22.9. The van der Waals surface area contributed by atoms with Gasteiger partial charge in [-0.3, -0.25) is 4.79 Å². The number of carbonyl (C=O) groups is 3. The van der Waals surface area contributed by atoms with Crippen molar-refractivity contribution in [2.24, 2.45) is 0 Å². The van der Waals surface area contributed by atoms with Crippen LogP contribution in [0.4, 0.5) is 0 Å². The van der Waals surface area contributed by atoms with Crippen molar-refractivity contribution in [2.75, 3.05) is 0 Å². The summed E-state index contributed by atoms with van der Waals surface area (Å²) in [5.74, 6) is -2.40. The number of nitrogens with one attached hydrogen (secondary N) is 2. The Bertz CT molecular complexity index is 1250. The lowest BCUT2D eigenvalue weighted by Gasteiger charge is -2.20.